The van der Waals surface area contributed by atoms with Gasteiger partial charge in [0.1, 0.15) is 5.82 Å². The van der Waals surface area contributed by atoms with E-state index in [1.54, 1.807) is 35.2 Å². The maximum absolute atomic E-state index is 14.3. The zero-order valence-corrected chi connectivity index (χ0v) is 18.5. The molecule has 3 amide bonds. The molecule has 3 aromatic rings. The summed E-state index contributed by atoms with van der Waals surface area (Å²) in [7, 11) is 0. The minimum atomic E-state index is -1.30. The first-order valence-corrected chi connectivity index (χ1v) is 11.5. The number of rotatable bonds is 3. The number of nitrogens with zero attached hydrogens (tertiary/aromatic N) is 2. The van der Waals surface area contributed by atoms with Crippen LogP contribution < -0.4 is 10.2 Å². The van der Waals surface area contributed by atoms with Crippen LogP contribution in [-0.4, -0.2) is 29.1 Å². The van der Waals surface area contributed by atoms with Gasteiger partial charge in [0.05, 0.1) is 12.2 Å². The summed E-state index contributed by atoms with van der Waals surface area (Å²) in [6.07, 6.45) is 0. The van der Waals surface area contributed by atoms with Crippen LogP contribution in [0.25, 0.3) is 0 Å². The van der Waals surface area contributed by atoms with Gasteiger partial charge in [-0.15, -0.1) is 11.8 Å². The van der Waals surface area contributed by atoms with E-state index < -0.39 is 16.7 Å². The number of hydrogen-bond acceptors (Lipinski definition) is 3. The molecule has 2 aliphatic rings. The second-order valence-corrected chi connectivity index (χ2v) is 9.34. The molecule has 1 fully saturated rings. The summed E-state index contributed by atoms with van der Waals surface area (Å²) in [6, 6.07) is 20.3. The maximum Gasteiger partial charge on any atom is 0.323 e. The van der Waals surface area contributed by atoms with Crippen molar-refractivity contribution in [3.05, 3.63) is 94.8 Å². The van der Waals surface area contributed by atoms with E-state index in [0.29, 0.717) is 40.8 Å². The van der Waals surface area contributed by atoms with Crippen molar-refractivity contribution in [1.29, 1.82) is 0 Å². The highest BCUT2D eigenvalue weighted by atomic mass is 35.5. The topological polar surface area (TPSA) is 52.7 Å². The summed E-state index contributed by atoms with van der Waals surface area (Å²) in [5.74, 6) is -0.117. The summed E-state index contributed by atoms with van der Waals surface area (Å²) in [5, 5.41) is 3.40. The molecule has 1 spiro atoms. The zero-order chi connectivity index (χ0) is 22.3. The highest BCUT2D eigenvalue weighted by Crippen LogP contribution is 2.54. The van der Waals surface area contributed by atoms with E-state index in [4.69, 9.17) is 11.6 Å². The van der Waals surface area contributed by atoms with Gasteiger partial charge in [-0.1, -0.05) is 41.9 Å². The fraction of sp³-hybridized carbons (Fsp3) is 0.167. The van der Waals surface area contributed by atoms with Crippen molar-refractivity contribution < 1.29 is 14.0 Å². The average molecular weight is 468 g/mol. The lowest BCUT2D eigenvalue weighted by Crippen LogP contribution is -2.51. The first-order chi connectivity index (χ1) is 15.5. The lowest BCUT2D eigenvalue weighted by Gasteiger charge is -2.33. The number of carbonyl (C=O) groups is 2. The Morgan fingerprint density at radius 3 is 2.59 bits per heavy atom. The fourth-order valence-electron chi connectivity index (χ4n) is 4.23. The number of anilines is 2. The molecule has 1 N–H and O–H groups in total. The first-order valence-electron chi connectivity index (χ1n) is 10.1. The Balaban J connectivity index is 1.53. The molecule has 3 aromatic carbocycles. The third-order valence-corrected chi connectivity index (χ3v) is 7.35. The molecule has 5 rings (SSSR count). The predicted molar refractivity (Wildman–Crippen MR) is 125 cm³/mol. The molecule has 0 radical (unpaired) electrons. The van der Waals surface area contributed by atoms with Crippen molar-refractivity contribution in [3.63, 3.8) is 0 Å². The van der Waals surface area contributed by atoms with Crippen molar-refractivity contribution >= 4 is 46.7 Å². The summed E-state index contributed by atoms with van der Waals surface area (Å²) >= 11 is 7.30. The molecule has 0 saturated carbocycles. The Bertz CT molecular complexity index is 1190. The van der Waals surface area contributed by atoms with Gasteiger partial charge in [-0.05, 0) is 48.0 Å². The number of halogens is 2. The zero-order valence-electron chi connectivity index (χ0n) is 16.9. The molecule has 32 heavy (non-hydrogen) atoms. The molecule has 5 nitrogen and oxygen atoms in total. The Morgan fingerprint density at radius 1 is 1.09 bits per heavy atom. The molecule has 8 heteroatoms. The average Bonchev–Trinajstić information content (AvgIpc) is 3.33. The van der Waals surface area contributed by atoms with Gasteiger partial charge in [-0.25, -0.2) is 9.18 Å². The van der Waals surface area contributed by atoms with E-state index in [2.05, 4.69) is 5.32 Å². The molecular formula is C24H19ClFN3O2S. The van der Waals surface area contributed by atoms with Gasteiger partial charge in [0.2, 0.25) is 0 Å². The molecule has 1 atom stereocenters. The Hall–Kier alpha value is -3.03. The predicted octanol–water partition coefficient (Wildman–Crippen LogP) is 5.46. The van der Waals surface area contributed by atoms with Crippen LogP contribution in [0, 0.1) is 5.82 Å². The van der Waals surface area contributed by atoms with E-state index in [-0.39, 0.29) is 5.91 Å². The van der Waals surface area contributed by atoms with E-state index in [0.717, 1.165) is 5.56 Å². The van der Waals surface area contributed by atoms with E-state index in [9.17, 15) is 14.0 Å². The number of thioether (sulfide) groups is 1. The number of urea groups is 1. The van der Waals surface area contributed by atoms with Gasteiger partial charge in [-0.3, -0.25) is 9.69 Å². The second kappa shape index (κ2) is 8.15. The van der Waals surface area contributed by atoms with Crippen LogP contribution in [-0.2, 0) is 16.2 Å². The monoisotopic (exact) mass is 467 g/mol. The summed E-state index contributed by atoms with van der Waals surface area (Å²) < 4.78 is 14.3. The van der Waals surface area contributed by atoms with Crippen molar-refractivity contribution in [1.82, 2.24) is 4.90 Å². The van der Waals surface area contributed by atoms with Crippen LogP contribution in [0.15, 0.2) is 72.8 Å². The first kappa shape index (κ1) is 20.8. The molecule has 0 aromatic heterocycles. The largest absolute Gasteiger partial charge is 0.323 e. The van der Waals surface area contributed by atoms with Crippen LogP contribution in [0.2, 0.25) is 5.02 Å². The SMILES string of the molecule is O=C(Nc1ccc(Cl)cc1)N1CCS[C@@]12C(=O)N(Cc1ccccc1)c1ccc(F)cc12. The van der Waals surface area contributed by atoms with Gasteiger partial charge < -0.3 is 10.2 Å². The number of nitrogens with one attached hydrogen (secondary N) is 1. The summed E-state index contributed by atoms with van der Waals surface area (Å²) in [5.41, 5.74) is 2.65. The smallest absolute Gasteiger partial charge is 0.308 e. The molecule has 0 aliphatic carbocycles. The lowest BCUT2D eigenvalue weighted by molar-refractivity contribution is -0.123. The van der Waals surface area contributed by atoms with Crippen molar-refractivity contribution in [2.45, 2.75) is 11.4 Å². The van der Waals surface area contributed by atoms with E-state index >= 15 is 0 Å². The van der Waals surface area contributed by atoms with Crippen molar-refractivity contribution in [2.75, 3.05) is 22.5 Å². The molecule has 2 aliphatic heterocycles. The molecule has 2 heterocycles. The number of hydrogen-bond donors (Lipinski definition) is 1. The quantitative estimate of drug-likeness (QED) is 0.556. The Kier molecular flexibility index (Phi) is 5.31. The molecule has 0 bridgehead atoms. The standard InChI is InChI=1S/C24H19ClFN3O2S/c25-17-6-9-19(10-7-17)27-23(31)29-12-13-32-24(29)20-14-18(26)8-11-21(20)28(22(24)30)15-16-4-2-1-3-5-16/h1-11,14H,12-13,15H2,(H,27,31)/t24-/m0/s1. The van der Waals surface area contributed by atoms with Crippen LogP contribution >= 0.6 is 23.4 Å². The van der Waals surface area contributed by atoms with Gasteiger partial charge in [-0.2, -0.15) is 0 Å². The van der Waals surface area contributed by atoms with Gasteiger partial charge in [0.25, 0.3) is 5.91 Å². The molecule has 162 valence electrons. The normalized spacial score (nSPS) is 19.5. The maximum atomic E-state index is 14.3. The summed E-state index contributed by atoms with van der Waals surface area (Å²) in [6.45, 7) is 0.707. The van der Waals surface area contributed by atoms with Gasteiger partial charge >= 0.3 is 6.03 Å². The van der Waals surface area contributed by atoms with Gasteiger partial charge in [0.15, 0.2) is 4.87 Å². The molecule has 1 saturated heterocycles. The number of carbonyl (C=O) groups excluding carboxylic acids is 2. The second-order valence-electron chi connectivity index (χ2n) is 7.62. The van der Waals surface area contributed by atoms with Crippen LogP contribution in [0.4, 0.5) is 20.6 Å². The Morgan fingerprint density at radius 2 is 1.84 bits per heavy atom. The molecular weight excluding hydrogens is 449 g/mol. The minimum absolute atomic E-state index is 0.240. The number of amides is 3. The van der Waals surface area contributed by atoms with Crippen LogP contribution in [0.1, 0.15) is 11.1 Å². The summed E-state index contributed by atoms with van der Waals surface area (Å²) in [4.78, 5) is 29.0. The van der Waals surface area contributed by atoms with Crippen LogP contribution in [0.3, 0.4) is 0 Å². The van der Waals surface area contributed by atoms with Crippen LogP contribution in [0.5, 0.6) is 0 Å². The third-order valence-electron chi connectivity index (χ3n) is 5.68. The minimum Gasteiger partial charge on any atom is -0.308 e. The Labute approximate surface area is 194 Å². The van der Waals surface area contributed by atoms with E-state index in [1.165, 1.54) is 28.8 Å². The van der Waals surface area contributed by atoms with E-state index in [1.807, 2.05) is 30.3 Å². The van der Waals surface area contributed by atoms with Crippen molar-refractivity contribution in [2.24, 2.45) is 0 Å². The highest BCUT2D eigenvalue weighted by Gasteiger charge is 2.59. The number of fused-ring (bicyclic) bond motifs is 2. The number of benzene rings is 3. The fourth-order valence-corrected chi connectivity index (χ4v) is 5.81. The van der Waals surface area contributed by atoms with Crippen molar-refractivity contribution in [3.8, 4) is 0 Å². The lowest BCUT2D eigenvalue weighted by atomic mass is 10.1. The third kappa shape index (κ3) is 3.42. The highest BCUT2D eigenvalue weighted by molar-refractivity contribution is 8.01. The van der Waals surface area contributed by atoms with Gasteiger partial charge in [0, 0.05) is 28.6 Å². The molecule has 0 unspecified atom stereocenters.